The van der Waals surface area contributed by atoms with Gasteiger partial charge in [-0.15, -0.1) is 24.0 Å². The number of halogens is 1. The summed E-state index contributed by atoms with van der Waals surface area (Å²) in [7, 11) is 4.03. The van der Waals surface area contributed by atoms with Crippen molar-refractivity contribution in [3.8, 4) is 0 Å². The van der Waals surface area contributed by atoms with Crippen molar-refractivity contribution >= 4 is 29.9 Å². The maximum Gasteiger partial charge on any atom is 0.191 e. The fourth-order valence-electron chi connectivity index (χ4n) is 2.54. The van der Waals surface area contributed by atoms with Crippen LogP contribution in [0.4, 0.5) is 0 Å². The predicted octanol–water partition coefficient (Wildman–Crippen LogP) is 3.01. The summed E-state index contributed by atoms with van der Waals surface area (Å²) < 4.78 is 0. The standard InChI is InChI=1S/C18H41N5.HI/c1-8-17(5)22(7)15-13-20-18(19-6)21-16(4)12-11-14-23(9-2)10-3;/h16-17H,8-15H2,1-7H3,(H2,19,20,21);1H. The Morgan fingerprint density at radius 1 is 1.08 bits per heavy atom. The molecule has 0 saturated carbocycles. The second-order valence-corrected chi connectivity index (χ2v) is 6.45. The van der Waals surface area contributed by atoms with Gasteiger partial charge in [-0.25, -0.2) is 0 Å². The molecule has 0 aliphatic heterocycles. The second kappa shape index (κ2) is 16.4. The van der Waals surface area contributed by atoms with Crippen LogP contribution in [0.3, 0.4) is 0 Å². The van der Waals surface area contributed by atoms with Gasteiger partial charge in [0.15, 0.2) is 5.96 Å². The number of nitrogens with zero attached hydrogens (tertiary/aromatic N) is 3. The van der Waals surface area contributed by atoms with Gasteiger partial charge in [0, 0.05) is 32.2 Å². The van der Waals surface area contributed by atoms with Crippen LogP contribution in [0.1, 0.15) is 53.9 Å². The molecule has 0 rings (SSSR count). The van der Waals surface area contributed by atoms with Crippen molar-refractivity contribution < 1.29 is 0 Å². The van der Waals surface area contributed by atoms with E-state index in [0.29, 0.717) is 12.1 Å². The van der Waals surface area contributed by atoms with Crippen LogP contribution in [-0.2, 0) is 0 Å². The van der Waals surface area contributed by atoms with E-state index in [4.69, 9.17) is 0 Å². The van der Waals surface area contributed by atoms with Gasteiger partial charge >= 0.3 is 0 Å². The smallest absolute Gasteiger partial charge is 0.191 e. The molecular formula is C18H42IN5. The minimum atomic E-state index is 0. The molecule has 0 aromatic carbocycles. The Morgan fingerprint density at radius 3 is 2.21 bits per heavy atom. The van der Waals surface area contributed by atoms with E-state index < -0.39 is 0 Å². The van der Waals surface area contributed by atoms with Gasteiger partial charge in [0.1, 0.15) is 0 Å². The van der Waals surface area contributed by atoms with Crippen LogP contribution in [0.25, 0.3) is 0 Å². The average Bonchev–Trinajstić information content (AvgIpc) is 2.56. The first kappa shape index (κ1) is 26.2. The lowest BCUT2D eigenvalue weighted by atomic mass is 10.2. The van der Waals surface area contributed by atoms with E-state index in [1.807, 2.05) is 7.05 Å². The highest BCUT2D eigenvalue weighted by Gasteiger charge is 2.08. The fraction of sp³-hybridized carbons (Fsp3) is 0.944. The molecule has 0 aliphatic carbocycles. The molecule has 2 atom stereocenters. The molecular weight excluding hydrogens is 413 g/mol. The van der Waals surface area contributed by atoms with Crippen molar-refractivity contribution in [1.29, 1.82) is 0 Å². The Hall–Kier alpha value is -0.0800. The summed E-state index contributed by atoms with van der Waals surface area (Å²) >= 11 is 0. The minimum Gasteiger partial charge on any atom is -0.355 e. The van der Waals surface area contributed by atoms with Crippen molar-refractivity contribution in [1.82, 2.24) is 20.4 Å². The van der Waals surface area contributed by atoms with E-state index in [-0.39, 0.29) is 24.0 Å². The number of hydrogen-bond donors (Lipinski definition) is 2. The highest BCUT2D eigenvalue weighted by atomic mass is 127. The number of likely N-dealkylation sites (N-methyl/N-ethyl adjacent to an activating group) is 1. The third-order valence-corrected chi connectivity index (χ3v) is 4.71. The summed E-state index contributed by atoms with van der Waals surface area (Å²) in [5, 5.41) is 6.91. The molecule has 0 heterocycles. The Balaban J connectivity index is 0. The summed E-state index contributed by atoms with van der Waals surface area (Å²) in [6.45, 7) is 16.6. The zero-order valence-electron chi connectivity index (χ0n) is 17.1. The molecule has 0 amide bonds. The van der Waals surface area contributed by atoms with Crippen LogP contribution in [0, 0.1) is 0 Å². The van der Waals surface area contributed by atoms with Crippen LogP contribution in [0.15, 0.2) is 4.99 Å². The van der Waals surface area contributed by atoms with Crippen LogP contribution >= 0.6 is 24.0 Å². The van der Waals surface area contributed by atoms with Crippen LogP contribution < -0.4 is 10.6 Å². The van der Waals surface area contributed by atoms with Crippen molar-refractivity contribution in [2.75, 3.05) is 46.8 Å². The summed E-state index contributed by atoms with van der Waals surface area (Å²) in [5.41, 5.74) is 0. The normalized spacial score (nSPS) is 14.5. The Labute approximate surface area is 168 Å². The van der Waals surface area contributed by atoms with Crippen molar-refractivity contribution in [3.63, 3.8) is 0 Å². The second-order valence-electron chi connectivity index (χ2n) is 6.45. The van der Waals surface area contributed by atoms with E-state index in [2.05, 4.69) is 67.1 Å². The summed E-state index contributed by atoms with van der Waals surface area (Å²) in [5.74, 6) is 0.915. The molecule has 2 unspecified atom stereocenters. The van der Waals surface area contributed by atoms with Gasteiger partial charge in [0.2, 0.25) is 0 Å². The minimum absolute atomic E-state index is 0. The largest absolute Gasteiger partial charge is 0.355 e. The van der Waals surface area contributed by atoms with Gasteiger partial charge in [0.25, 0.3) is 0 Å². The first-order chi connectivity index (χ1) is 11.0. The molecule has 0 bridgehead atoms. The van der Waals surface area contributed by atoms with Gasteiger partial charge < -0.3 is 20.4 Å². The molecule has 0 saturated heterocycles. The summed E-state index contributed by atoms with van der Waals surface area (Å²) in [4.78, 5) is 9.19. The summed E-state index contributed by atoms with van der Waals surface area (Å²) in [6, 6.07) is 1.08. The highest BCUT2D eigenvalue weighted by Crippen LogP contribution is 2.00. The average molecular weight is 455 g/mol. The number of nitrogens with one attached hydrogen (secondary N) is 2. The van der Waals surface area contributed by atoms with Gasteiger partial charge in [-0.2, -0.15) is 0 Å². The van der Waals surface area contributed by atoms with Crippen molar-refractivity contribution in [3.05, 3.63) is 0 Å². The van der Waals surface area contributed by atoms with E-state index >= 15 is 0 Å². The number of guanidine groups is 1. The lowest BCUT2D eigenvalue weighted by Gasteiger charge is -2.25. The SMILES string of the molecule is CCC(C)N(C)CCNC(=NC)NC(C)CCCN(CC)CC.I. The van der Waals surface area contributed by atoms with Gasteiger partial charge in [-0.05, 0) is 59.8 Å². The molecule has 24 heavy (non-hydrogen) atoms. The lowest BCUT2D eigenvalue weighted by Crippen LogP contribution is -2.45. The topological polar surface area (TPSA) is 42.9 Å². The predicted molar refractivity (Wildman–Crippen MR) is 119 cm³/mol. The van der Waals surface area contributed by atoms with Crippen molar-refractivity contribution in [2.24, 2.45) is 4.99 Å². The van der Waals surface area contributed by atoms with E-state index in [0.717, 1.165) is 32.1 Å². The van der Waals surface area contributed by atoms with Crippen molar-refractivity contribution in [2.45, 2.75) is 66.0 Å². The van der Waals surface area contributed by atoms with Crippen LogP contribution in [0.2, 0.25) is 0 Å². The molecule has 0 aliphatic rings. The molecule has 0 spiro atoms. The molecule has 6 heteroatoms. The maximum atomic E-state index is 4.33. The van der Waals surface area contributed by atoms with Crippen LogP contribution in [0.5, 0.6) is 0 Å². The molecule has 0 radical (unpaired) electrons. The third-order valence-electron chi connectivity index (χ3n) is 4.71. The molecule has 146 valence electrons. The fourth-order valence-corrected chi connectivity index (χ4v) is 2.54. The van der Waals surface area contributed by atoms with Gasteiger partial charge in [-0.3, -0.25) is 4.99 Å². The zero-order valence-corrected chi connectivity index (χ0v) is 19.4. The quantitative estimate of drug-likeness (QED) is 0.270. The monoisotopic (exact) mass is 455 g/mol. The molecule has 0 aromatic rings. The Morgan fingerprint density at radius 2 is 1.71 bits per heavy atom. The van der Waals surface area contributed by atoms with E-state index in [1.54, 1.807) is 0 Å². The molecule has 0 aromatic heterocycles. The number of aliphatic imine (C=N–C) groups is 1. The van der Waals surface area contributed by atoms with Crippen LogP contribution in [-0.4, -0.2) is 74.7 Å². The molecule has 0 fully saturated rings. The Kier molecular flexibility index (Phi) is 17.9. The van der Waals surface area contributed by atoms with Gasteiger partial charge in [-0.1, -0.05) is 20.8 Å². The number of hydrogen-bond acceptors (Lipinski definition) is 3. The lowest BCUT2D eigenvalue weighted by molar-refractivity contribution is 0.255. The summed E-state index contributed by atoms with van der Waals surface area (Å²) in [6.07, 6.45) is 3.58. The number of rotatable bonds is 12. The molecule has 2 N–H and O–H groups in total. The first-order valence-corrected chi connectivity index (χ1v) is 9.38. The molecule has 5 nitrogen and oxygen atoms in total. The van der Waals surface area contributed by atoms with E-state index in [9.17, 15) is 0 Å². The third kappa shape index (κ3) is 12.3. The first-order valence-electron chi connectivity index (χ1n) is 9.38. The maximum absolute atomic E-state index is 4.33. The zero-order chi connectivity index (χ0) is 17.7. The van der Waals surface area contributed by atoms with Gasteiger partial charge in [0.05, 0.1) is 0 Å². The highest BCUT2D eigenvalue weighted by molar-refractivity contribution is 14.0. The van der Waals surface area contributed by atoms with E-state index in [1.165, 1.54) is 25.8 Å². The Bertz CT molecular complexity index is 308.